The molecule has 0 atom stereocenters. The highest BCUT2D eigenvalue weighted by Gasteiger charge is 2.18. The summed E-state index contributed by atoms with van der Waals surface area (Å²) >= 11 is 0. The molecule has 0 amide bonds. The van der Waals surface area contributed by atoms with Crippen molar-refractivity contribution in [1.82, 2.24) is 9.66 Å². The number of methoxy groups -OCH3 is 1. The van der Waals surface area contributed by atoms with E-state index in [0.29, 0.717) is 22.5 Å². The summed E-state index contributed by atoms with van der Waals surface area (Å²) in [5, 5.41) is 16.0. The summed E-state index contributed by atoms with van der Waals surface area (Å²) in [6.45, 7) is 6.38. The smallest absolute Gasteiger partial charge is 0.282 e. The number of ether oxygens (including phenoxy) is 2. The number of fused-ring (bicyclic) bond motifs is 1. The van der Waals surface area contributed by atoms with Gasteiger partial charge < -0.3 is 9.47 Å². The van der Waals surface area contributed by atoms with E-state index < -0.39 is 4.92 Å². The first-order chi connectivity index (χ1) is 20.2. The van der Waals surface area contributed by atoms with Gasteiger partial charge in [-0.1, -0.05) is 38.1 Å². The van der Waals surface area contributed by atoms with Crippen molar-refractivity contribution in [2.45, 2.75) is 33.3 Å². The van der Waals surface area contributed by atoms with Crippen molar-refractivity contribution in [2.24, 2.45) is 5.10 Å². The summed E-state index contributed by atoms with van der Waals surface area (Å²) in [7, 11) is 1.65. The number of hydrogen-bond donors (Lipinski definition) is 0. The largest absolute Gasteiger partial charge is 0.496 e. The van der Waals surface area contributed by atoms with Gasteiger partial charge in [0.05, 0.1) is 29.2 Å². The molecule has 0 aliphatic rings. The van der Waals surface area contributed by atoms with E-state index in [-0.39, 0.29) is 23.8 Å². The van der Waals surface area contributed by atoms with Crippen molar-refractivity contribution in [3.63, 3.8) is 0 Å². The molecule has 5 rings (SSSR count). The number of hydrogen-bond acceptors (Lipinski definition) is 7. The first-order valence-corrected chi connectivity index (χ1v) is 13.5. The molecule has 212 valence electrons. The molecule has 0 fully saturated rings. The van der Waals surface area contributed by atoms with E-state index in [0.717, 1.165) is 33.6 Å². The molecule has 0 spiro atoms. The Morgan fingerprint density at radius 3 is 2.50 bits per heavy atom. The number of nitro benzene ring substituents is 1. The van der Waals surface area contributed by atoms with Gasteiger partial charge in [-0.25, -0.2) is 4.98 Å². The van der Waals surface area contributed by atoms with E-state index >= 15 is 0 Å². The van der Waals surface area contributed by atoms with Crippen LogP contribution in [0, 0.1) is 17.0 Å². The maximum Gasteiger partial charge on any atom is 0.282 e. The molecule has 0 saturated carbocycles. The normalized spacial score (nSPS) is 11.4. The third-order valence-electron chi connectivity index (χ3n) is 6.93. The maximum atomic E-state index is 13.7. The van der Waals surface area contributed by atoms with Gasteiger partial charge in [-0.15, -0.1) is 0 Å². The Morgan fingerprint density at radius 1 is 1.02 bits per heavy atom. The molecule has 0 aliphatic carbocycles. The number of nitrogens with zero attached hydrogens (tertiary/aromatic N) is 4. The monoisotopic (exact) mass is 562 g/mol. The lowest BCUT2D eigenvalue weighted by molar-refractivity contribution is -0.384. The molecule has 0 radical (unpaired) electrons. The van der Waals surface area contributed by atoms with Gasteiger partial charge in [0.2, 0.25) is 0 Å². The Morgan fingerprint density at radius 2 is 1.79 bits per heavy atom. The van der Waals surface area contributed by atoms with Crippen molar-refractivity contribution in [2.75, 3.05) is 7.11 Å². The lowest BCUT2D eigenvalue weighted by Crippen LogP contribution is -2.20. The molecular weight excluding hydrogens is 532 g/mol. The van der Waals surface area contributed by atoms with Crippen LogP contribution in [0.2, 0.25) is 0 Å². The quantitative estimate of drug-likeness (QED) is 0.110. The number of non-ortho nitro benzene ring substituents is 1. The minimum atomic E-state index is -0.436. The van der Waals surface area contributed by atoms with Gasteiger partial charge in [-0.2, -0.15) is 9.78 Å². The maximum absolute atomic E-state index is 13.7. The second kappa shape index (κ2) is 12.1. The SMILES string of the molecule is COc1cc(C)c(-c2nc3ccccc3c(=O)n2N=Cc2cccc(OCc3ccc([N+](=O)[O-])cc3)c2)cc1C(C)C. The zero-order chi connectivity index (χ0) is 29.8. The van der Waals surface area contributed by atoms with Gasteiger partial charge in [0, 0.05) is 17.7 Å². The highest BCUT2D eigenvalue weighted by atomic mass is 16.6. The van der Waals surface area contributed by atoms with E-state index in [4.69, 9.17) is 14.5 Å². The Bertz CT molecular complexity index is 1860. The molecule has 9 nitrogen and oxygen atoms in total. The summed E-state index contributed by atoms with van der Waals surface area (Å²) in [5.74, 6) is 2.00. The minimum Gasteiger partial charge on any atom is -0.496 e. The molecular formula is C33H30N4O5. The average Bonchev–Trinajstić information content (AvgIpc) is 2.99. The van der Waals surface area contributed by atoms with Crippen LogP contribution in [-0.2, 0) is 6.61 Å². The summed E-state index contributed by atoms with van der Waals surface area (Å²) in [6.07, 6.45) is 1.60. The number of aromatic nitrogens is 2. The summed E-state index contributed by atoms with van der Waals surface area (Å²) in [4.78, 5) is 29.0. The Labute approximate surface area is 242 Å². The predicted octanol–water partition coefficient (Wildman–Crippen LogP) is 6.87. The van der Waals surface area contributed by atoms with E-state index in [2.05, 4.69) is 18.9 Å². The summed E-state index contributed by atoms with van der Waals surface area (Å²) in [5.41, 5.74) is 4.56. The fourth-order valence-electron chi connectivity index (χ4n) is 4.66. The second-order valence-electron chi connectivity index (χ2n) is 10.2. The third kappa shape index (κ3) is 5.90. The van der Waals surface area contributed by atoms with Gasteiger partial charge in [0.15, 0.2) is 5.82 Å². The van der Waals surface area contributed by atoms with Crippen molar-refractivity contribution in [3.05, 3.63) is 128 Å². The van der Waals surface area contributed by atoms with E-state index in [1.165, 1.54) is 16.8 Å². The molecule has 1 heterocycles. The first kappa shape index (κ1) is 28.2. The summed E-state index contributed by atoms with van der Waals surface area (Å²) in [6, 6.07) is 24.7. The highest BCUT2D eigenvalue weighted by molar-refractivity contribution is 5.82. The average molecular weight is 563 g/mol. The van der Waals surface area contributed by atoms with Crippen LogP contribution in [0.4, 0.5) is 5.69 Å². The van der Waals surface area contributed by atoms with E-state index in [1.807, 2.05) is 55.5 Å². The Hall–Kier alpha value is -5.31. The van der Waals surface area contributed by atoms with Crippen LogP contribution in [0.25, 0.3) is 22.3 Å². The lowest BCUT2D eigenvalue weighted by Gasteiger charge is -2.17. The number of benzene rings is 4. The molecule has 1 aromatic heterocycles. The molecule has 0 bridgehead atoms. The van der Waals surface area contributed by atoms with Crippen molar-refractivity contribution >= 4 is 22.8 Å². The van der Waals surface area contributed by atoms with Crippen molar-refractivity contribution in [3.8, 4) is 22.9 Å². The fourth-order valence-corrected chi connectivity index (χ4v) is 4.66. The van der Waals surface area contributed by atoms with Crippen LogP contribution in [0.3, 0.4) is 0 Å². The van der Waals surface area contributed by atoms with Gasteiger partial charge in [0.25, 0.3) is 11.2 Å². The number of nitro groups is 1. The fraction of sp³-hybridized carbons (Fsp3) is 0.182. The first-order valence-electron chi connectivity index (χ1n) is 13.5. The molecule has 4 aromatic carbocycles. The van der Waals surface area contributed by atoms with Crippen molar-refractivity contribution in [1.29, 1.82) is 0 Å². The number of para-hydroxylation sites is 1. The van der Waals surface area contributed by atoms with Crippen LogP contribution >= 0.6 is 0 Å². The van der Waals surface area contributed by atoms with Gasteiger partial charge in [-0.3, -0.25) is 14.9 Å². The van der Waals surface area contributed by atoms with Crippen LogP contribution < -0.4 is 15.0 Å². The number of aryl methyl sites for hydroxylation is 1. The van der Waals surface area contributed by atoms with Crippen LogP contribution in [0.15, 0.2) is 94.8 Å². The molecule has 0 saturated heterocycles. The highest BCUT2D eigenvalue weighted by Crippen LogP contribution is 2.34. The van der Waals surface area contributed by atoms with Crippen LogP contribution in [-0.4, -0.2) is 27.9 Å². The molecule has 9 heteroatoms. The minimum absolute atomic E-state index is 0.0278. The zero-order valence-corrected chi connectivity index (χ0v) is 23.8. The lowest BCUT2D eigenvalue weighted by atomic mass is 9.96. The Balaban J connectivity index is 1.51. The third-order valence-corrected chi connectivity index (χ3v) is 6.93. The molecule has 0 unspecified atom stereocenters. The van der Waals surface area contributed by atoms with Gasteiger partial charge >= 0.3 is 0 Å². The molecule has 5 aromatic rings. The van der Waals surface area contributed by atoms with Gasteiger partial charge in [0.1, 0.15) is 18.1 Å². The van der Waals surface area contributed by atoms with Crippen molar-refractivity contribution < 1.29 is 14.4 Å². The molecule has 0 aliphatic heterocycles. The topological polar surface area (TPSA) is 109 Å². The summed E-state index contributed by atoms with van der Waals surface area (Å²) < 4.78 is 12.9. The predicted molar refractivity (Wildman–Crippen MR) is 164 cm³/mol. The molecule has 0 N–H and O–H groups in total. The van der Waals surface area contributed by atoms with Crippen LogP contribution in [0.1, 0.15) is 42.0 Å². The van der Waals surface area contributed by atoms with Crippen LogP contribution in [0.5, 0.6) is 11.5 Å². The van der Waals surface area contributed by atoms with Gasteiger partial charge in [-0.05, 0) is 83.6 Å². The second-order valence-corrected chi connectivity index (χ2v) is 10.2. The number of rotatable bonds is 9. The standard InChI is InChI=1S/C33H30N4O5/c1-21(2)28-18-29(22(3)16-31(28)41-4)32-35-30-11-6-5-10-27(30)33(38)36(32)34-19-24-8-7-9-26(17-24)42-20-23-12-14-25(15-13-23)37(39)40/h5-19,21H,20H2,1-4H3. The van der Waals surface area contributed by atoms with E-state index in [1.54, 1.807) is 37.6 Å². The Kier molecular flexibility index (Phi) is 8.10. The van der Waals surface area contributed by atoms with E-state index in [9.17, 15) is 14.9 Å². The molecule has 42 heavy (non-hydrogen) atoms. The zero-order valence-electron chi connectivity index (χ0n) is 23.8.